The molecule has 1 aliphatic rings. The van der Waals surface area contributed by atoms with Crippen molar-refractivity contribution in [1.29, 1.82) is 0 Å². The van der Waals surface area contributed by atoms with Gasteiger partial charge in [0.1, 0.15) is 5.92 Å². The summed E-state index contributed by atoms with van der Waals surface area (Å²) in [7, 11) is 0. The summed E-state index contributed by atoms with van der Waals surface area (Å²) in [4.78, 5) is 33.6. The smallest absolute Gasteiger partial charge is 0.277 e. The van der Waals surface area contributed by atoms with Gasteiger partial charge in [0.25, 0.3) is 0 Å². The van der Waals surface area contributed by atoms with Gasteiger partial charge in [-0.25, -0.2) is 4.79 Å². The Balaban J connectivity index is 2.93. The van der Waals surface area contributed by atoms with E-state index in [0.29, 0.717) is 6.42 Å². The van der Waals surface area contributed by atoms with Gasteiger partial charge in [0.15, 0.2) is 0 Å². The average Bonchev–Trinajstić information content (AvgIpc) is 2.01. The highest BCUT2D eigenvalue weighted by molar-refractivity contribution is 6.16. The minimum atomic E-state index is -0.787. The number of imide groups is 2. The standard InChI is InChI=1S/C9H14N2O3/c1-4-9(2,3)5-6(12)10-8(14)11-7(5)13/h5H,4H2,1-3H3,(H2,10,11,12,13,14). The average molecular weight is 198 g/mol. The van der Waals surface area contributed by atoms with Crippen molar-refractivity contribution < 1.29 is 14.4 Å². The van der Waals surface area contributed by atoms with Crippen LogP contribution in [0.2, 0.25) is 0 Å². The SMILES string of the molecule is CCC(C)(C)C1C(=O)NC(=O)NC1=O. The van der Waals surface area contributed by atoms with Gasteiger partial charge in [-0.3, -0.25) is 20.2 Å². The highest BCUT2D eigenvalue weighted by atomic mass is 16.2. The summed E-state index contributed by atoms with van der Waals surface area (Å²) in [5.74, 6) is -1.80. The highest BCUT2D eigenvalue weighted by Gasteiger charge is 2.43. The van der Waals surface area contributed by atoms with Crippen molar-refractivity contribution in [2.24, 2.45) is 11.3 Å². The molecule has 0 unspecified atom stereocenters. The molecule has 0 atom stereocenters. The molecular weight excluding hydrogens is 184 g/mol. The summed E-state index contributed by atoms with van der Waals surface area (Å²) < 4.78 is 0. The first-order valence-electron chi connectivity index (χ1n) is 4.54. The number of amides is 4. The van der Waals surface area contributed by atoms with Gasteiger partial charge in [0.2, 0.25) is 11.8 Å². The number of barbiturate groups is 1. The summed E-state index contributed by atoms with van der Waals surface area (Å²) in [6.07, 6.45) is 0.687. The highest BCUT2D eigenvalue weighted by Crippen LogP contribution is 2.31. The first-order valence-corrected chi connectivity index (χ1v) is 4.54. The van der Waals surface area contributed by atoms with Gasteiger partial charge in [-0.1, -0.05) is 20.8 Å². The normalized spacial score (nSPS) is 19.2. The topological polar surface area (TPSA) is 75.3 Å². The lowest BCUT2D eigenvalue weighted by molar-refractivity contribution is -0.140. The van der Waals surface area contributed by atoms with Gasteiger partial charge < -0.3 is 0 Å². The maximum atomic E-state index is 11.4. The number of carbonyl (C=O) groups is 3. The summed E-state index contributed by atoms with van der Waals surface area (Å²) in [5, 5.41) is 4.18. The third-order valence-electron chi connectivity index (χ3n) is 2.69. The number of nitrogens with one attached hydrogen (secondary N) is 2. The van der Waals surface area contributed by atoms with Crippen LogP contribution in [0.15, 0.2) is 0 Å². The van der Waals surface area contributed by atoms with Crippen molar-refractivity contribution in [2.45, 2.75) is 27.2 Å². The van der Waals surface area contributed by atoms with E-state index < -0.39 is 29.2 Å². The number of carbonyl (C=O) groups excluding carboxylic acids is 3. The Morgan fingerprint density at radius 1 is 1.14 bits per heavy atom. The molecule has 78 valence electrons. The van der Waals surface area contributed by atoms with E-state index in [1.807, 2.05) is 20.8 Å². The third-order valence-corrected chi connectivity index (χ3v) is 2.69. The zero-order valence-electron chi connectivity index (χ0n) is 8.51. The van der Waals surface area contributed by atoms with E-state index in [1.165, 1.54) is 0 Å². The molecule has 1 saturated heterocycles. The number of hydrogen-bond acceptors (Lipinski definition) is 3. The lowest BCUT2D eigenvalue weighted by Gasteiger charge is -2.33. The largest absolute Gasteiger partial charge is 0.328 e. The van der Waals surface area contributed by atoms with Crippen molar-refractivity contribution in [3.63, 3.8) is 0 Å². The van der Waals surface area contributed by atoms with E-state index in [9.17, 15) is 14.4 Å². The van der Waals surface area contributed by atoms with E-state index in [2.05, 4.69) is 10.6 Å². The minimum absolute atomic E-state index is 0.436. The number of hydrogen-bond donors (Lipinski definition) is 2. The maximum Gasteiger partial charge on any atom is 0.328 e. The van der Waals surface area contributed by atoms with Gasteiger partial charge in [0.05, 0.1) is 0 Å². The minimum Gasteiger partial charge on any atom is -0.277 e. The fourth-order valence-corrected chi connectivity index (χ4v) is 1.43. The van der Waals surface area contributed by atoms with E-state index in [-0.39, 0.29) is 0 Å². The van der Waals surface area contributed by atoms with E-state index in [1.54, 1.807) is 0 Å². The van der Waals surface area contributed by atoms with Crippen molar-refractivity contribution in [3.05, 3.63) is 0 Å². The van der Waals surface area contributed by atoms with E-state index in [0.717, 1.165) is 0 Å². The molecule has 1 heterocycles. The van der Waals surface area contributed by atoms with Crippen LogP contribution in [0.1, 0.15) is 27.2 Å². The molecule has 0 aromatic carbocycles. The second-order valence-electron chi connectivity index (χ2n) is 4.08. The van der Waals surface area contributed by atoms with Crippen molar-refractivity contribution >= 4 is 17.8 Å². The Hall–Kier alpha value is -1.39. The van der Waals surface area contributed by atoms with Crippen molar-refractivity contribution in [3.8, 4) is 0 Å². The van der Waals surface area contributed by atoms with Crippen LogP contribution in [0.5, 0.6) is 0 Å². The Morgan fingerprint density at radius 2 is 1.57 bits per heavy atom. The Kier molecular flexibility index (Phi) is 2.59. The molecule has 0 bridgehead atoms. The second kappa shape index (κ2) is 3.40. The fraction of sp³-hybridized carbons (Fsp3) is 0.667. The molecule has 0 radical (unpaired) electrons. The predicted molar refractivity (Wildman–Crippen MR) is 49.2 cm³/mol. The Morgan fingerprint density at radius 3 is 1.93 bits per heavy atom. The molecule has 5 heteroatoms. The first-order chi connectivity index (χ1) is 6.38. The molecular formula is C9H14N2O3. The van der Waals surface area contributed by atoms with Crippen LogP contribution in [0.3, 0.4) is 0 Å². The maximum absolute atomic E-state index is 11.4. The molecule has 1 fully saturated rings. The molecule has 5 nitrogen and oxygen atoms in total. The van der Waals surface area contributed by atoms with E-state index >= 15 is 0 Å². The van der Waals surface area contributed by atoms with Gasteiger partial charge in [-0.2, -0.15) is 0 Å². The molecule has 1 aliphatic heterocycles. The molecule has 0 aromatic rings. The first kappa shape index (κ1) is 10.7. The van der Waals surface area contributed by atoms with Crippen LogP contribution >= 0.6 is 0 Å². The van der Waals surface area contributed by atoms with Crippen LogP contribution in [-0.4, -0.2) is 17.8 Å². The van der Waals surface area contributed by atoms with Crippen LogP contribution in [-0.2, 0) is 9.59 Å². The summed E-state index contributed by atoms with van der Waals surface area (Å²) in [6, 6.07) is -0.733. The van der Waals surface area contributed by atoms with Crippen molar-refractivity contribution in [1.82, 2.24) is 10.6 Å². The fourth-order valence-electron chi connectivity index (χ4n) is 1.43. The zero-order chi connectivity index (χ0) is 10.9. The molecule has 0 saturated carbocycles. The van der Waals surface area contributed by atoms with E-state index in [4.69, 9.17) is 0 Å². The van der Waals surface area contributed by atoms with Crippen LogP contribution in [0.25, 0.3) is 0 Å². The molecule has 14 heavy (non-hydrogen) atoms. The van der Waals surface area contributed by atoms with Crippen LogP contribution in [0, 0.1) is 11.3 Å². The van der Waals surface area contributed by atoms with Gasteiger partial charge in [0, 0.05) is 0 Å². The van der Waals surface area contributed by atoms with Crippen LogP contribution in [0.4, 0.5) is 4.79 Å². The van der Waals surface area contributed by atoms with Gasteiger partial charge in [-0.05, 0) is 11.8 Å². The molecule has 4 amide bonds. The predicted octanol–water partition coefficient (Wildman–Crippen LogP) is 0.405. The lowest BCUT2D eigenvalue weighted by atomic mass is 9.75. The Labute approximate surface area is 82.2 Å². The lowest BCUT2D eigenvalue weighted by Crippen LogP contribution is -2.59. The number of urea groups is 1. The Bertz CT molecular complexity index is 276. The van der Waals surface area contributed by atoms with Crippen LogP contribution < -0.4 is 10.6 Å². The number of rotatable bonds is 2. The third kappa shape index (κ3) is 1.76. The summed E-state index contributed by atoms with van der Waals surface area (Å²) in [6.45, 7) is 5.55. The molecule has 0 aliphatic carbocycles. The zero-order valence-corrected chi connectivity index (χ0v) is 8.51. The van der Waals surface area contributed by atoms with Crippen molar-refractivity contribution in [2.75, 3.05) is 0 Å². The summed E-state index contributed by atoms with van der Waals surface area (Å²) >= 11 is 0. The molecule has 1 rings (SSSR count). The molecule has 0 spiro atoms. The van der Waals surface area contributed by atoms with Gasteiger partial charge >= 0.3 is 6.03 Å². The van der Waals surface area contributed by atoms with Gasteiger partial charge in [-0.15, -0.1) is 0 Å². The second-order valence-corrected chi connectivity index (χ2v) is 4.08. The molecule has 0 aromatic heterocycles. The molecule has 2 N–H and O–H groups in total. The monoisotopic (exact) mass is 198 g/mol. The summed E-state index contributed by atoms with van der Waals surface area (Å²) in [5.41, 5.74) is -0.436. The quantitative estimate of drug-likeness (QED) is 0.631.